The van der Waals surface area contributed by atoms with E-state index in [1.54, 1.807) is 36.7 Å². The average Bonchev–Trinajstić information content (AvgIpc) is 3.04. The summed E-state index contributed by atoms with van der Waals surface area (Å²) in [5.41, 5.74) is -0.0727. The predicted molar refractivity (Wildman–Crippen MR) is 113 cm³/mol. The van der Waals surface area contributed by atoms with Crippen LogP contribution < -0.4 is 5.56 Å². The molecular formula is C21H31N3O3S. The summed E-state index contributed by atoms with van der Waals surface area (Å²) in [6, 6.07) is 0. The summed E-state index contributed by atoms with van der Waals surface area (Å²) in [6.07, 6.45) is 4.19. The van der Waals surface area contributed by atoms with Gasteiger partial charge in [-0.3, -0.25) is 14.3 Å². The largest absolute Gasteiger partial charge is 0.464 e. The van der Waals surface area contributed by atoms with Crippen LogP contribution >= 0.6 is 11.3 Å². The molecule has 2 aromatic heterocycles. The Kier molecular flexibility index (Phi) is 6.25. The fourth-order valence-corrected chi connectivity index (χ4v) is 5.25. The number of aromatic nitrogens is 2. The molecule has 7 heteroatoms. The third-order valence-corrected chi connectivity index (χ3v) is 6.84. The lowest BCUT2D eigenvalue weighted by Gasteiger charge is -2.29. The fourth-order valence-electron chi connectivity index (χ4n) is 3.98. The van der Waals surface area contributed by atoms with Crippen molar-refractivity contribution in [2.24, 2.45) is 0 Å². The summed E-state index contributed by atoms with van der Waals surface area (Å²) in [5.74, 6) is 0.237. The van der Waals surface area contributed by atoms with E-state index in [1.807, 2.05) is 0 Å². The zero-order chi connectivity index (χ0) is 20.5. The van der Waals surface area contributed by atoms with Gasteiger partial charge in [-0.1, -0.05) is 13.8 Å². The Balaban J connectivity index is 2.26. The average molecular weight is 406 g/mol. The number of ether oxygens (including phenoxy) is 1. The van der Waals surface area contributed by atoms with Crippen LogP contribution in [0.15, 0.2) is 4.79 Å². The molecule has 0 spiro atoms. The summed E-state index contributed by atoms with van der Waals surface area (Å²) in [6.45, 7) is 12.0. The Bertz CT molecular complexity index is 925. The van der Waals surface area contributed by atoms with E-state index < -0.39 is 11.5 Å². The normalized spacial score (nSPS) is 14.5. The van der Waals surface area contributed by atoms with Gasteiger partial charge in [-0.15, -0.1) is 11.3 Å². The zero-order valence-electron chi connectivity index (χ0n) is 17.6. The SMILES string of the molecule is CCOC(=O)C(C)(C)n1c(CN(CC)CC)nc2sc3c(c2c1=O)CCCC3. The minimum Gasteiger partial charge on any atom is -0.464 e. The van der Waals surface area contributed by atoms with Gasteiger partial charge in [0.05, 0.1) is 18.5 Å². The molecule has 0 amide bonds. The molecule has 154 valence electrons. The third-order valence-electron chi connectivity index (χ3n) is 5.65. The Morgan fingerprint density at radius 3 is 2.54 bits per heavy atom. The summed E-state index contributed by atoms with van der Waals surface area (Å²) in [5, 5.41) is 0.709. The molecular weight excluding hydrogens is 374 g/mol. The van der Waals surface area contributed by atoms with Crippen LogP contribution in [-0.2, 0) is 34.5 Å². The van der Waals surface area contributed by atoms with Crippen LogP contribution in [0.3, 0.4) is 0 Å². The first-order chi connectivity index (χ1) is 13.3. The number of carbonyl (C=O) groups is 1. The topological polar surface area (TPSA) is 64.4 Å². The lowest BCUT2D eigenvalue weighted by molar-refractivity contribution is -0.152. The standard InChI is InChI=1S/C21H31N3O3S/c1-6-23(7-2)13-16-22-18-17(14-11-9-10-12-15(14)28-18)19(25)24(16)21(4,5)20(26)27-8-3/h6-13H2,1-5H3. The highest BCUT2D eigenvalue weighted by Crippen LogP contribution is 2.34. The minimum atomic E-state index is -1.11. The molecule has 0 atom stereocenters. The molecule has 0 bridgehead atoms. The number of nitrogens with zero attached hydrogens (tertiary/aromatic N) is 3. The Hall–Kier alpha value is -1.73. The minimum absolute atomic E-state index is 0.107. The molecule has 0 unspecified atom stereocenters. The molecule has 0 N–H and O–H groups in total. The summed E-state index contributed by atoms with van der Waals surface area (Å²) in [4.78, 5) is 35.7. The van der Waals surface area contributed by atoms with Gasteiger partial charge in [-0.2, -0.15) is 0 Å². The van der Waals surface area contributed by atoms with E-state index in [4.69, 9.17) is 9.72 Å². The maximum Gasteiger partial charge on any atom is 0.331 e. The monoisotopic (exact) mass is 405 g/mol. The van der Waals surface area contributed by atoms with Crippen molar-refractivity contribution in [1.82, 2.24) is 14.5 Å². The highest BCUT2D eigenvalue weighted by molar-refractivity contribution is 7.18. The van der Waals surface area contributed by atoms with E-state index in [9.17, 15) is 9.59 Å². The van der Waals surface area contributed by atoms with Crippen molar-refractivity contribution in [1.29, 1.82) is 0 Å². The lowest BCUT2D eigenvalue weighted by Crippen LogP contribution is -2.46. The second-order valence-electron chi connectivity index (χ2n) is 7.80. The predicted octanol–water partition coefficient (Wildman–Crippen LogP) is 3.48. The maximum atomic E-state index is 13.7. The highest BCUT2D eigenvalue weighted by atomic mass is 32.1. The van der Waals surface area contributed by atoms with Crippen LogP contribution in [0.1, 0.15) is 63.7 Å². The van der Waals surface area contributed by atoms with Gasteiger partial charge in [0, 0.05) is 4.88 Å². The first-order valence-corrected chi connectivity index (χ1v) is 11.1. The quantitative estimate of drug-likeness (QED) is 0.660. The van der Waals surface area contributed by atoms with E-state index in [2.05, 4.69) is 18.7 Å². The van der Waals surface area contributed by atoms with Gasteiger partial charge in [-0.05, 0) is 65.1 Å². The summed E-state index contributed by atoms with van der Waals surface area (Å²) in [7, 11) is 0. The van der Waals surface area contributed by atoms with Gasteiger partial charge in [0.2, 0.25) is 0 Å². The van der Waals surface area contributed by atoms with Crippen LogP contribution in [0.25, 0.3) is 10.2 Å². The second-order valence-corrected chi connectivity index (χ2v) is 8.88. The van der Waals surface area contributed by atoms with Crippen molar-refractivity contribution in [2.45, 2.75) is 72.4 Å². The van der Waals surface area contributed by atoms with E-state index in [-0.39, 0.29) is 12.2 Å². The smallest absolute Gasteiger partial charge is 0.331 e. The van der Waals surface area contributed by atoms with Gasteiger partial charge in [0.1, 0.15) is 16.2 Å². The highest BCUT2D eigenvalue weighted by Gasteiger charge is 2.36. The fraction of sp³-hybridized carbons (Fsp3) is 0.667. The summed E-state index contributed by atoms with van der Waals surface area (Å²) >= 11 is 1.65. The van der Waals surface area contributed by atoms with E-state index in [0.29, 0.717) is 17.8 Å². The van der Waals surface area contributed by atoms with Crippen molar-refractivity contribution >= 4 is 27.5 Å². The van der Waals surface area contributed by atoms with Crippen molar-refractivity contribution < 1.29 is 9.53 Å². The number of esters is 1. The van der Waals surface area contributed by atoms with Crippen LogP contribution in [-0.4, -0.2) is 40.1 Å². The zero-order valence-corrected chi connectivity index (χ0v) is 18.4. The van der Waals surface area contributed by atoms with Crippen LogP contribution in [0, 0.1) is 0 Å². The molecule has 0 saturated heterocycles. The molecule has 6 nitrogen and oxygen atoms in total. The molecule has 0 aromatic carbocycles. The van der Waals surface area contributed by atoms with Crippen molar-refractivity contribution in [3.8, 4) is 0 Å². The second kappa shape index (κ2) is 8.33. The Morgan fingerprint density at radius 1 is 1.21 bits per heavy atom. The first kappa shape index (κ1) is 21.0. The number of hydrogen-bond donors (Lipinski definition) is 0. The molecule has 0 radical (unpaired) electrons. The number of fused-ring (bicyclic) bond motifs is 3. The molecule has 3 rings (SSSR count). The molecule has 1 aliphatic rings. The molecule has 2 heterocycles. The Morgan fingerprint density at radius 2 is 1.89 bits per heavy atom. The molecule has 28 heavy (non-hydrogen) atoms. The number of carbonyl (C=O) groups excluding carboxylic acids is 1. The van der Waals surface area contributed by atoms with E-state index >= 15 is 0 Å². The molecule has 0 fully saturated rings. The number of aryl methyl sites for hydroxylation is 2. The molecule has 1 aliphatic carbocycles. The van der Waals surface area contributed by atoms with Crippen molar-refractivity contribution in [3.63, 3.8) is 0 Å². The van der Waals surface area contributed by atoms with Gasteiger partial charge in [0.25, 0.3) is 5.56 Å². The van der Waals surface area contributed by atoms with Gasteiger partial charge in [0.15, 0.2) is 0 Å². The summed E-state index contributed by atoms with van der Waals surface area (Å²) < 4.78 is 6.89. The maximum absolute atomic E-state index is 13.7. The lowest BCUT2D eigenvalue weighted by atomic mass is 9.97. The van der Waals surface area contributed by atoms with Crippen LogP contribution in [0.4, 0.5) is 0 Å². The van der Waals surface area contributed by atoms with E-state index in [1.165, 1.54) is 4.88 Å². The van der Waals surface area contributed by atoms with Gasteiger partial charge in [-0.25, -0.2) is 9.78 Å². The van der Waals surface area contributed by atoms with Gasteiger partial charge < -0.3 is 4.74 Å². The van der Waals surface area contributed by atoms with E-state index in [0.717, 1.165) is 49.2 Å². The first-order valence-electron chi connectivity index (χ1n) is 10.3. The third kappa shape index (κ3) is 3.62. The number of thiophene rings is 1. The molecule has 0 aliphatic heterocycles. The molecule has 0 saturated carbocycles. The molecule has 2 aromatic rings. The van der Waals surface area contributed by atoms with Crippen molar-refractivity contribution in [3.05, 3.63) is 26.6 Å². The number of rotatable bonds is 7. The Labute approximate surface area is 170 Å². The van der Waals surface area contributed by atoms with Crippen molar-refractivity contribution in [2.75, 3.05) is 19.7 Å². The van der Waals surface area contributed by atoms with Crippen LogP contribution in [0.5, 0.6) is 0 Å². The number of hydrogen-bond acceptors (Lipinski definition) is 6. The van der Waals surface area contributed by atoms with Crippen LogP contribution in [0.2, 0.25) is 0 Å². The van der Waals surface area contributed by atoms with Gasteiger partial charge >= 0.3 is 5.97 Å².